The molecule has 1 heterocycles. The van der Waals surface area contributed by atoms with Gasteiger partial charge in [-0.05, 0) is 92.0 Å². The van der Waals surface area contributed by atoms with Crippen LogP contribution in [0.3, 0.4) is 0 Å². The van der Waals surface area contributed by atoms with Gasteiger partial charge < -0.3 is 14.7 Å². The quantitative estimate of drug-likeness (QED) is 0.221. The smallest absolute Gasteiger partial charge is 0.271 e. The van der Waals surface area contributed by atoms with Crippen molar-refractivity contribution in [2.45, 2.75) is 0 Å². The average molecular weight is 671 g/mol. The predicted molar refractivity (Wildman–Crippen MR) is 156 cm³/mol. The van der Waals surface area contributed by atoms with Gasteiger partial charge in [-0.1, -0.05) is 23.2 Å². The molecule has 0 aliphatic carbocycles. The Balaban J connectivity index is 1.25. The topological polar surface area (TPSA) is 77.4 Å². The zero-order valence-electron chi connectivity index (χ0n) is 19.6. The maximum atomic E-state index is 12.2. The molecule has 1 aliphatic rings. The molecule has 3 aromatic rings. The number of nitrogens with zero attached hydrogens (tertiary/aromatic N) is 3. The fraction of sp³-hybridized carbons (Fsp3) is 0.231. The van der Waals surface area contributed by atoms with E-state index in [4.69, 9.17) is 27.9 Å². The van der Waals surface area contributed by atoms with Crippen LogP contribution in [0.4, 0.5) is 5.69 Å². The lowest BCUT2D eigenvalue weighted by Gasteiger charge is -2.36. The summed E-state index contributed by atoms with van der Waals surface area (Å²) in [6, 6.07) is 15.9. The molecule has 4 rings (SSSR count). The van der Waals surface area contributed by atoms with E-state index in [2.05, 4.69) is 64.3 Å². The molecule has 0 radical (unpaired) electrons. The molecule has 0 unspecified atom stereocenters. The molecule has 0 bridgehead atoms. The summed E-state index contributed by atoms with van der Waals surface area (Å²) in [6.07, 6.45) is 1.53. The number of carbonyl (C=O) groups excluding carboxylic acids is 1. The molecule has 11 heteroatoms. The summed E-state index contributed by atoms with van der Waals surface area (Å²) in [6.45, 7) is 5.22. The van der Waals surface area contributed by atoms with Gasteiger partial charge in [-0.15, -0.1) is 0 Å². The first kappa shape index (κ1) is 27.7. The standard InChI is InChI=1S/C26H24Br2Cl2N4O3/c27-21-13-17(16-31-32-26(36)18-1-6-24(35)23(30)15-18)14-22(28)25(21)37-12-11-33-7-9-34(10-8-33)20-4-2-19(29)3-5-20/h1-6,13-16,35H,7-12H2,(H,32,36). The zero-order chi connectivity index (χ0) is 26.4. The van der Waals surface area contributed by atoms with Crippen LogP contribution in [0.1, 0.15) is 15.9 Å². The normalized spacial score (nSPS) is 14.2. The Kier molecular flexibility index (Phi) is 9.72. The molecule has 0 spiro atoms. The lowest BCUT2D eigenvalue weighted by atomic mass is 10.2. The Labute approximate surface area is 242 Å². The van der Waals surface area contributed by atoms with Gasteiger partial charge in [0.15, 0.2) is 0 Å². The van der Waals surface area contributed by atoms with E-state index in [-0.39, 0.29) is 16.3 Å². The summed E-state index contributed by atoms with van der Waals surface area (Å²) in [4.78, 5) is 17.0. The van der Waals surface area contributed by atoms with Crippen molar-refractivity contribution in [3.05, 3.63) is 84.7 Å². The molecule has 1 amide bonds. The molecule has 1 saturated heterocycles. The molecular weight excluding hydrogens is 647 g/mol. The van der Waals surface area contributed by atoms with Crippen molar-refractivity contribution < 1.29 is 14.6 Å². The van der Waals surface area contributed by atoms with Crippen LogP contribution in [-0.4, -0.2) is 61.5 Å². The SMILES string of the molecule is O=C(NN=Cc1cc(Br)c(OCCN2CCN(c3ccc(Cl)cc3)CC2)c(Br)c1)c1ccc(O)c(Cl)c1. The van der Waals surface area contributed by atoms with Crippen LogP contribution >= 0.6 is 55.1 Å². The Morgan fingerprint density at radius 3 is 2.35 bits per heavy atom. The van der Waals surface area contributed by atoms with E-state index in [1.165, 1.54) is 30.1 Å². The molecule has 3 aromatic carbocycles. The van der Waals surface area contributed by atoms with Crippen molar-refractivity contribution in [2.75, 3.05) is 44.2 Å². The number of benzene rings is 3. The van der Waals surface area contributed by atoms with Gasteiger partial charge in [-0.25, -0.2) is 5.43 Å². The fourth-order valence-corrected chi connectivity index (χ4v) is 5.59. The second-order valence-corrected chi connectivity index (χ2v) is 10.9. The highest BCUT2D eigenvalue weighted by Gasteiger charge is 2.17. The van der Waals surface area contributed by atoms with Gasteiger partial charge in [0.25, 0.3) is 5.91 Å². The Morgan fingerprint density at radius 2 is 1.70 bits per heavy atom. The number of anilines is 1. The number of hydrogen-bond acceptors (Lipinski definition) is 6. The molecule has 0 saturated carbocycles. The minimum absolute atomic E-state index is 0.0875. The van der Waals surface area contributed by atoms with Crippen molar-refractivity contribution in [2.24, 2.45) is 5.10 Å². The van der Waals surface area contributed by atoms with E-state index < -0.39 is 5.91 Å². The van der Waals surface area contributed by atoms with E-state index in [1.54, 1.807) is 0 Å². The fourth-order valence-electron chi connectivity index (χ4n) is 3.83. The zero-order valence-corrected chi connectivity index (χ0v) is 24.3. The maximum absolute atomic E-state index is 12.2. The van der Waals surface area contributed by atoms with Gasteiger partial charge >= 0.3 is 0 Å². The molecule has 0 atom stereocenters. The first-order chi connectivity index (χ1) is 17.8. The second kappa shape index (κ2) is 13.0. The number of nitrogens with one attached hydrogen (secondary N) is 1. The van der Waals surface area contributed by atoms with Gasteiger partial charge in [0.2, 0.25) is 0 Å². The van der Waals surface area contributed by atoms with E-state index >= 15 is 0 Å². The third-order valence-electron chi connectivity index (χ3n) is 5.83. The van der Waals surface area contributed by atoms with Crippen LogP contribution in [-0.2, 0) is 0 Å². The number of piperazine rings is 1. The minimum Gasteiger partial charge on any atom is -0.506 e. The first-order valence-electron chi connectivity index (χ1n) is 11.5. The van der Waals surface area contributed by atoms with E-state index in [1.807, 2.05) is 24.3 Å². The van der Waals surface area contributed by atoms with Gasteiger partial charge in [0.1, 0.15) is 18.1 Å². The molecular formula is C26H24Br2Cl2N4O3. The first-order valence-corrected chi connectivity index (χ1v) is 13.8. The molecule has 194 valence electrons. The van der Waals surface area contributed by atoms with Crippen molar-refractivity contribution >= 4 is 72.9 Å². The van der Waals surface area contributed by atoms with Crippen LogP contribution in [0.2, 0.25) is 10.0 Å². The lowest BCUT2D eigenvalue weighted by Crippen LogP contribution is -2.47. The number of halogens is 4. The van der Waals surface area contributed by atoms with Gasteiger partial charge in [-0.3, -0.25) is 9.69 Å². The molecule has 2 N–H and O–H groups in total. The Hall–Kier alpha value is -2.30. The molecule has 1 aliphatic heterocycles. The highest BCUT2D eigenvalue weighted by Crippen LogP contribution is 2.34. The van der Waals surface area contributed by atoms with Crippen LogP contribution in [0.5, 0.6) is 11.5 Å². The van der Waals surface area contributed by atoms with Crippen molar-refractivity contribution in [1.82, 2.24) is 10.3 Å². The molecule has 0 aromatic heterocycles. The third kappa shape index (κ3) is 7.61. The number of amides is 1. The second-order valence-electron chi connectivity index (χ2n) is 8.33. The van der Waals surface area contributed by atoms with E-state index in [9.17, 15) is 9.90 Å². The summed E-state index contributed by atoms with van der Waals surface area (Å²) in [5.74, 6) is 0.181. The van der Waals surface area contributed by atoms with Crippen molar-refractivity contribution in [3.63, 3.8) is 0 Å². The number of carbonyl (C=O) groups is 1. The van der Waals surface area contributed by atoms with E-state index in [0.717, 1.165) is 52.3 Å². The largest absolute Gasteiger partial charge is 0.506 e. The number of phenols is 1. The van der Waals surface area contributed by atoms with Crippen molar-refractivity contribution in [1.29, 1.82) is 0 Å². The van der Waals surface area contributed by atoms with Gasteiger partial charge in [0.05, 0.1) is 20.2 Å². The Morgan fingerprint density at radius 1 is 1.03 bits per heavy atom. The third-order valence-corrected chi connectivity index (χ3v) is 7.56. The number of ether oxygens (including phenoxy) is 1. The van der Waals surface area contributed by atoms with Crippen LogP contribution in [0, 0.1) is 0 Å². The Bertz CT molecular complexity index is 1260. The number of rotatable bonds is 8. The molecule has 1 fully saturated rings. The van der Waals surface area contributed by atoms with Crippen LogP contribution in [0.15, 0.2) is 68.6 Å². The predicted octanol–water partition coefficient (Wildman–Crippen LogP) is 6.19. The number of hydrogen-bond donors (Lipinski definition) is 2. The number of aromatic hydroxyl groups is 1. The van der Waals surface area contributed by atoms with Crippen LogP contribution in [0.25, 0.3) is 0 Å². The number of phenolic OH excluding ortho intramolecular Hbond substituents is 1. The summed E-state index contributed by atoms with van der Waals surface area (Å²) in [5.41, 5.74) is 4.69. The summed E-state index contributed by atoms with van der Waals surface area (Å²) < 4.78 is 7.60. The van der Waals surface area contributed by atoms with Crippen LogP contribution < -0.4 is 15.1 Å². The monoisotopic (exact) mass is 668 g/mol. The summed E-state index contributed by atoms with van der Waals surface area (Å²) >= 11 is 19.0. The highest BCUT2D eigenvalue weighted by molar-refractivity contribution is 9.11. The lowest BCUT2D eigenvalue weighted by molar-refractivity contribution is 0.0955. The van der Waals surface area contributed by atoms with Gasteiger partial charge in [-0.2, -0.15) is 5.10 Å². The van der Waals surface area contributed by atoms with E-state index in [0.29, 0.717) is 12.4 Å². The average Bonchev–Trinajstić information content (AvgIpc) is 2.88. The highest BCUT2D eigenvalue weighted by atomic mass is 79.9. The minimum atomic E-state index is -0.440. The summed E-state index contributed by atoms with van der Waals surface area (Å²) in [5, 5.41) is 14.3. The van der Waals surface area contributed by atoms with Crippen molar-refractivity contribution in [3.8, 4) is 11.5 Å². The summed E-state index contributed by atoms with van der Waals surface area (Å²) in [7, 11) is 0. The number of hydrazone groups is 1. The van der Waals surface area contributed by atoms with Gasteiger partial charge in [0, 0.05) is 49.0 Å². The molecule has 7 nitrogen and oxygen atoms in total. The molecule has 37 heavy (non-hydrogen) atoms. The maximum Gasteiger partial charge on any atom is 0.271 e.